The number of benzene rings is 2. The van der Waals surface area contributed by atoms with Gasteiger partial charge in [-0.2, -0.15) is 0 Å². The molecule has 21 heavy (non-hydrogen) atoms. The molecule has 0 aromatic heterocycles. The zero-order valence-electron chi connectivity index (χ0n) is 12.1. The molecule has 1 atom stereocenters. The molecule has 2 aromatic rings. The van der Waals surface area contributed by atoms with Crippen molar-refractivity contribution in [3.8, 4) is 0 Å². The van der Waals surface area contributed by atoms with Crippen molar-refractivity contribution >= 4 is 0 Å². The van der Waals surface area contributed by atoms with Gasteiger partial charge in [-0.3, -0.25) is 11.3 Å². The van der Waals surface area contributed by atoms with Gasteiger partial charge in [0.05, 0.1) is 0 Å². The van der Waals surface area contributed by atoms with Crippen molar-refractivity contribution in [2.24, 2.45) is 5.84 Å². The van der Waals surface area contributed by atoms with Crippen LogP contribution in [0.25, 0.3) is 0 Å². The number of hydrazine groups is 1. The van der Waals surface area contributed by atoms with E-state index in [1.54, 1.807) is 0 Å². The lowest BCUT2D eigenvalue weighted by Gasteiger charge is -2.17. The van der Waals surface area contributed by atoms with Gasteiger partial charge >= 0.3 is 0 Å². The smallest absolute Gasteiger partial charge is 0.129 e. The Balaban J connectivity index is 2.00. The van der Waals surface area contributed by atoms with Crippen molar-refractivity contribution in [1.29, 1.82) is 0 Å². The van der Waals surface area contributed by atoms with Gasteiger partial charge in [-0.05, 0) is 43.9 Å². The lowest BCUT2D eigenvalue weighted by Crippen LogP contribution is -2.37. The highest BCUT2D eigenvalue weighted by Gasteiger charge is 2.14. The van der Waals surface area contributed by atoms with Gasteiger partial charge < -0.3 is 0 Å². The molecule has 0 radical (unpaired) electrons. The Morgan fingerprint density at radius 1 is 1.10 bits per heavy atom. The monoisotopic (exact) mass is 290 g/mol. The second-order valence-corrected chi connectivity index (χ2v) is 5.30. The molecule has 1 unspecified atom stereocenters. The first-order chi connectivity index (χ1) is 10.1. The quantitative estimate of drug-likeness (QED) is 0.633. The Labute approximate surface area is 124 Å². The Bertz CT molecular complexity index is 579. The van der Waals surface area contributed by atoms with Gasteiger partial charge in [0.15, 0.2) is 0 Å². The molecule has 2 rings (SSSR count). The molecule has 0 aliphatic heterocycles. The Morgan fingerprint density at radius 2 is 1.76 bits per heavy atom. The minimum atomic E-state index is -0.522. The van der Waals surface area contributed by atoms with Gasteiger partial charge in [0.2, 0.25) is 0 Å². The maximum absolute atomic E-state index is 13.7. The molecule has 0 saturated heterocycles. The highest BCUT2D eigenvalue weighted by Crippen LogP contribution is 2.16. The zero-order valence-corrected chi connectivity index (χ0v) is 12.1. The van der Waals surface area contributed by atoms with E-state index in [0.29, 0.717) is 6.42 Å². The number of hydrogen-bond donors (Lipinski definition) is 2. The number of hydrogen-bond acceptors (Lipinski definition) is 2. The molecule has 2 nitrogen and oxygen atoms in total. The molecule has 112 valence electrons. The van der Waals surface area contributed by atoms with E-state index in [-0.39, 0.29) is 18.0 Å². The van der Waals surface area contributed by atoms with Crippen molar-refractivity contribution < 1.29 is 8.78 Å². The fraction of sp³-hybridized carbons (Fsp3) is 0.294. The summed E-state index contributed by atoms with van der Waals surface area (Å²) in [5.41, 5.74) is 5.14. The van der Waals surface area contributed by atoms with E-state index in [0.717, 1.165) is 6.42 Å². The van der Waals surface area contributed by atoms with Crippen molar-refractivity contribution in [3.05, 3.63) is 70.8 Å². The molecule has 0 bridgehead atoms. The normalized spacial score (nSPS) is 12.4. The standard InChI is InChI=1S/C17H20F2N2/c1-12-4-2-5-13(10-12)8-9-14(21-20)11-15-16(18)6-3-7-17(15)19/h2-7,10,14,21H,8-9,11,20H2,1H3. The summed E-state index contributed by atoms with van der Waals surface area (Å²) in [5, 5.41) is 0. The van der Waals surface area contributed by atoms with Crippen LogP contribution >= 0.6 is 0 Å². The van der Waals surface area contributed by atoms with Crippen molar-refractivity contribution in [1.82, 2.24) is 5.43 Å². The largest absolute Gasteiger partial charge is 0.271 e. The van der Waals surface area contributed by atoms with Gasteiger partial charge in [-0.25, -0.2) is 8.78 Å². The van der Waals surface area contributed by atoms with Gasteiger partial charge in [-0.1, -0.05) is 35.9 Å². The second kappa shape index (κ2) is 7.29. The van der Waals surface area contributed by atoms with Crippen molar-refractivity contribution in [2.75, 3.05) is 0 Å². The van der Waals surface area contributed by atoms with Crippen LogP contribution in [0.15, 0.2) is 42.5 Å². The van der Waals surface area contributed by atoms with Crippen LogP contribution in [0.4, 0.5) is 8.78 Å². The molecule has 3 N–H and O–H groups in total. The minimum Gasteiger partial charge on any atom is -0.271 e. The molecule has 4 heteroatoms. The Morgan fingerprint density at radius 3 is 2.38 bits per heavy atom. The van der Waals surface area contributed by atoms with Crippen LogP contribution in [0.5, 0.6) is 0 Å². The van der Waals surface area contributed by atoms with E-state index in [1.807, 2.05) is 25.1 Å². The summed E-state index contributed by atoms with van der Waals surface area (Å²) >= 11 is 0. The predicted molar refractivity (Wildman–Crippen MR) is 80.7 cm³/mol. The first-order valence-corrected chi connectivity index (χ1v) is 7.04. The Hall–Kier alpha value is -1.78. The number of aryl methyl sites for hydroxylation is 2. The lowest BCUT2D eigenvalue weighted by atomic mass is 9.98. The fourth-order valence-corrected chi connectivity index (χ4v) is 2.43. The summed E-state index contributed by atoms with van der Waals surface area (Å²) in [7, 11) is 0. The SMILES string of the molecule is Cc1cccc(CCC(Cc2c(F)cccc2F)NN)c1. The molecular formula is C17H20F2N2. The van der Waals surface area contributed by atoms with Gasteiger partial charge in [0.1, 0.15) is 11.6 Å². The summed E-state index contributed by atoms with van der Waals surface area (Å²) in [4.78, 5) is 0. The summed E-state index contributed by atoms with van der Waals surface area (Å²) < 4.78 is 27.3. The van der Waals surface area contributed by atoms with Gasteiger partial charge in [-0.15, -0.1) is 0 Å². The molecule has 0 saturated carbocycles. The second-order valence-electron chi connectivity index (χ2n) is 5.30. The molecule has 0 amide bonds. The van der Waals surface area contributed by atoms with E-state index in [9.17, 15) is 8.78 Å². The molecule has 0 aliphatic carbocycles. The third-order valence-electron chi connectivity index (χ3n) is 3.61. The summed E-state index contributed by atoms with van der Waals surface area (Å²) in [5.74, 6) is 4.48. The number of nitrogens with one attached hydrogen (secondary N) is 1. The third-order valence-corrected chi connectivity index (χ3v) is 3.61. The van der Waals surface area contributed by atoms with Crippen molar-refractivity contribution in [2.45, 2.75) is 32.2 Å². The van der Waals surface area contributed by atoms with Crippen LogP contribution in [-0.4, -0.2) is 6.04 Å². The first kappa shape index (κ1) is 15.6. The lowest BCUT2D eigenvalue weighted by molar-refractivity contribution is 0.464. The van der Waals surface area contributed by atoms with E-state index in [4.69, 9.17) is 5.84 Å². The molecule has 0 heterocycles. The van der Waals surface area contributed by atoms with Crippen molar-refractivity contribution in [3.63, 3.8) is 0 Å². The zero-order chi connectivity index (χ0) is 15.2. The third kappa shape index (κ3) is 4.34. The number of nitrogens with two attached hydrogens (primary N) is 1. The van der Waals surface area contributed by atoms with Crippen LogP contribution in [0.3, 0.4) is 0 Å². The van der Waals surface area contributed by atoms with Crippen LogP contribution in [0, 0.1) is 18.6 Å². The topological polar surface area (TPSA) is 38.0 Å². The number of halogens is 2. The maximum atomic E-state index is 13.7. The summed E-state index contributed by atoms with van der Waals surface area (Å²) in [6.45, 7) is 2.04. The minimum absolute atomic E-state index is 0.0877. The highest BCUT2D eigenvalue weighted by atomic mass is 19.1. The molecule has 0 fully saturated rings. The van der Waals surface area contributed by atoms with Crippen LogP contribution in [0.2, 0.25) is 0 Å². The van der Waals surface area contributed by atoms with Crippen LogP contribution in [-0.2, 0) is 12.8 Å². The van der Waals surface area contributed by atoms with E-state index >= 15 is 0 Å². The fourth-order valence-electron chi connectivity index (χ4n) is 2.43. The van der Waals surface area contributed by atoms with Crippen LogP contribution < -0.4 is 11.3 Å². The maximum Gasteiger partial charge on any atom is 0.129 e. The average molecular weight is 290 g/mol. The van der Waals surface area contributed by atoms with E-state index in [2.05, 4.69) is 11.5 Å². The average Bonchev–Trinajstić information content (AvgIpc) is 2.46. The van der Waals surface area contributed by atoms with Crippen LogP contribution in [0.1, 0.15) is 23.1 Å². The van der Waals surface area contributed by atoms with E-state index in [1.165, 1.54) is 29.3 Å². The molecular weight excluding hydrogens is 270 g/mol. The Kier molecular flexibility index (Phi) is 5.42. The summed E-state index contributed by atoms with van der Waals surface area (Å²) in [6.07, 6.45) is 1.77. The predicted octanol–water partition coefficient (Wildman–Crippen LogP) is 3.28. The van der Waals surface area contributed by atoms with E-state index < -0.39 is 11.6 Å². The molecule has 0 aliphatic rings. The van der Waals surface area contributed by atoms with Gasteiger partial charge in [0, 0.05) is 11.6 Å². The highest BCUT2D eigenvalue weighted by molar-refractivity contribution is 5.23. The van der Waals surface area contributed by atoms with Gasteiger partial charge in [0.25, 0.3) is 0 Å². The molecule has 0 spiro atoms. The summed E-state index contributed by atoms with van der Waals surface area (Å²) in [6, 6.07) is 11.9. The number of rotatable bonds is 6. The molecule has 2 aromatic carbocycles. The first-order valence-electron chi connectivity index (χ1n) is 7.04.